The van der Waals surface area contributed by atoms with Crippen molar-refractivity contribution in [2.45, 2.75) is 209 Å². The molecule has 22 atom stereocenters. The average Bonchev–Trinajstić information content (AvgIpc) is 3.58. The third-order valence-corrected chi connectivity index (χ3v) is 18.1. The Kier molecular flexibility index (Phi) is 14.5. The summed E-state index contributed by atoms with van der Waals surface area (Å²) in [6.07, 6.45) is -3.12. The zero-order chi connectivity index (χ0) is 46.8. The lowest BCUT2D eigenvalue weighted by atomic mass is 9.39. The number of methoxy groups -OCH3 is 3. The normalized spacial score (nSPS) is 49.9. The van der Waals surface area contributed by atoms with E-state index in [9.17, 15) is 30.0 Å². The van der Waals surface area contributed by atoms with Crippen molar-refractivity contribution in [2.75, 3.05) is 21.3 Å². The molecule has 0 aromatic heterocycles. The Labute approximate surface area is 384 Å². The molecule has 8 rings (SSSR count). The van der Waals surface area contributed by atoms with E-state index in [4.69, 9.17) is 42.6 Å². The molecule has 7 fully saturated rings. The van der Waals surface area contributed by atoms with Crippen molar-refractivity contribution >= 4 is 11.6 Å². The van der Waals surface area contributed by atoms with Gasteiger partial charge in [0.2, 0.25) is 0 Å². The Morgan fingerprint density at radius 2 is 1.34 bits per heavy atom. The number of fused-ring (bicyclic) bond motifs is 5. The molecule has 22 unspecified atom stereocenters. The minimum Gasteiger partial charge on any atom is -0.388 e. The van der Waals surface area contributed by atoms with E-state index >= 15 is 0 Å². The molecule has 0 radical (unpaired) electrons. The number of carbonyl (C=O) groups excluding carboxylic acids is 2. The van der Waals surface area contributed by atoms with Crippen LogP contribution in [0.3, 0.4) is 0 Å². The molecule has 7 aliphatic rings. The van der Waals surface area contributed by atoms with Crippen LogP contribution in [0, 0.1) is 34.5 Å². The van der Waals surface area contributed by atoms with Crippen molar-refractivity contribution in [2.24, 2.45) is 34.5 Å². The largest absolute Gasteiger partial charge is 0.388 e. The second-order valence-corrected chi connectivity index (χ2v) is 21.2. The van der Waals surface area contributed by atoms with Crippen LogP contribution in [0.25, 0.3) is 0 Å². The maximum absolute atomic E-state index is 13.9. The molecule has 3 aliphatic heterocycles. The van der Waals surface area contributed by atoms with Crippen LogP contribution in [0.1, 0.15) is 123 Å². The van der Waals surface area contributed by atoms with Crippen LogP contribution in [0.15, 0.2) is 30.3 Å². The fourth-order valence-corrected chi connectivity index (χ4v) is 14.4. The molecule has 0 spiro atoms. The summed E-state index contributed by atoms with van der Waals surface area (Å²) in [6, 6.07) is 9.26. The van der Waals surface area contributed by atoms with Gasteiger partial charge in [0.25, 0.3) is 0 Å². The molecule has 0 bridgehead atoms. The molecule has 1 aromatic carbocycles. The first-order chi connectivity index (χ1) is 30.8. The number of aliphatic hydroxyl groups excluding tert-OH is 2. The highest BCUT2D eigenvalue weighted by atomic mass is 16.8. The van der Waals surface area contributed by atoms with Gasteiger partial charge in [0.15, 0.2) is 24.7 Å². The first kappa shape index (κ1) is 49.5. The van der Waals surface area contributed by atoms with E-state index < -0.39 is 96.3 Å². The molecule has 3 heterocycles. The first-order valence-corrected chi connectivity index (χ1v) is 24.2. The average molecular weight is 917 g/mol. The van der Waals surface area contributed by atoms with E-state index in [0.717, 1.165) is 25.7 Å². The van der Waals surface area contributed by atoms with Gasteiger partial charge < -0.3 is 63.1 Å². The van der Waals surface area contributed by atoms with Gasteiger partial charge in [-0.1, -0.05) is 44.2 Å². The molecule has 3 saturated heterocycles. The van der Waals surface area contributed by atoms with E-state index in [1.165, 1.54) is 7.11 Å². The molecule has 15 nitrogen and oxygen atoms in total. The van der Waals surface area contributed by atoms with Gasteiger partial charge in [-0.25, -0.2) is 0 Å². The lowest BCUT2D eigenvalue weighted by Crippen LogP contribution is -2.75. The molecule has 4 aliphatic carbocycles. The zero-order valence-corrected chi connectivity index (χ0v) is 39.8. The Balaban J connectivity index is 0.904. The fraction of sp³-hybridized carbons (Fsp3) is 0.840. The molecule has 65 heavy (non-hydrogen) atoms. The van der Waals surface area contributed by atoms with Crippen LogP contribution in [0.5, 0.6) is 0 Å². The van der Waals surface area contributed by atoms with Crippen molar-refractivity contribution in [1.29, 1.82) is 0 Å². The van der Waals surface area contributed by atoms with Crippen molar-refractivity contribution in [1.82, 2.24) is 0 Å². The van der Waals surface area contributed by atoms with Gasteiger partial charge in [-0.15, -0.1) is 0 Å². The van der Waals surface area contributed by atoms with Crippen LogP contribution in [0.2, 0.25) is 0 Å². The van der Waals surface area contributed by atoms with E-state index in [1.807, 2.05) is 51.1 Å². The van der Waals surface area contributed by atoms with Gasteiger partial charge in [0.1, 0.15) is 36.3 Å². The number of ketones is 2. The number of hydrogen-bond donors (Lipinski definition) is 4. The van der Waals surface area contributed by atoms with Crippen molar-refractivity contribution in [3.05, 3.63) is 35.9 Å². The standard InChI is InChI=1S/C50H76O15/c1-26(51)34-17-20-50(56)48(34,6)32(22-35(52)30-13-11-10-12-14-30)23-38-47(5)18-16-33(21-31(47)15-19-49(38,50)55)63-39-24-36(57-7)43(28(3)60-39)64-40-25-37(58-8)44(29(4)61-40)65-46-42(54)45(59-9)41(53)27(2)62-46/h10-14,27-29,31-34,36-46,53-56H,15-25H2,1-9H3. The summed E-state index contributed by atoms with van der Waals surface area (Å²) in [7, 11) is 4.67. The predicted molar refractivity (Wildman–Crippen MR) is 234 cm³/mol. The van der Waals surface area contributed by atoms with Crippen LogP contribution >= 0.6 is 0 Å². The number of ether oxygens (including phenoxy) is 9. The van der Waals surface area contributed by atoms with Crippen LogP contribution in [-0.2, 0) is 47.4 Å². The monoisotopic (exact) mass is 917 g/mol. The lowest BCUT2D eigenvalue weighted by Gasteiger charge is -2.69. The summed E-state index contributed by atoms with van der Waals surface area (Å²) >= 11 is 0. The summed E-state index contributed by atoms with van der Waals surface area (Å²) in [5.41, 5.74) is -3.53. The maximum Gasteiger partial charge on any atom is 0.187 e. The minimum atomic E-state index is -1.51. The van der Waals surface area contributed by atoms with Crippen molar-refractivity contribution in [3.8, 4) is 0 Å². The summed E-state index contributed by atoms with van der Waals surface area (Å²) < 4.78 is 55.6. The second kappa shape index (κ2) is 19.1. The first-order valence-electron chi connectivity index (χ1n) is 24.2. The van der Waals surface area contributed by atoms with Gasteiger partial charge in [0.05, 0.1) is 47.8 Å². The zero-order valence-electron chi connectivity index (χ0n) is 39.8. The smallest absolute Gasteiger partial charge is 0.187 e. The molecule has 366 valence electrons. The summed E-state index contributed by atoms with van der Waals surface area (Å²) in [5, 5.41) is 47.4. The Morgan fingerprint density at radius 1 is 0.708 bits per heavy atom. The van der Waals surface area contributed by atoms with Gasteiger partial charge in [-0.2, -0.15) is 0 Å². The highest BCUT2D eigenvalue weighted by molar-refractivity contribution is 5.96. The predicted octanol–water partition coefficient (Wildman–Crippen LogP) is 4.90. The summed E-state index contributed by atoms with van der Waals surface area (Å²) in [5.74, 6) is -0.753. The molecule has 4 saturated carbocycles. The van der Waals surface area contributed by atoms with E-state index in [1.54, 1.807) is 28.1 Å². The molecule has 4 N–H and O–H groups in total. The topological polar surface area (TPSA) is 198 Å². The molecule has 15 heteroatoms. The quantitative estimate of drug-likeness (QED) is 0.154. The lowest BCUT2D eigenvalue weighted by molar-refractivity contribution is -0.352. The molecular weight excluding hydrogens is 841 g/mol. The number of Topliss-reactive ketones (excluding diaryl/α,β-unsaturated/α-hetero) is 2. The van der Waals surface area contributed by atoms with E-state index in [0.29, 0.717) is 44.1 Å². The highest BCUT2D eigenvalue weighted by Crippen LogP contribution is 2.72. The van der Waals surface area contributed by atoms with Crippen LogP contribution in [0.4, 0.5) is 0 Å². The van der Waals surface area contributed by atoms with E-state index in [2.05, 4.69) is 6.92 Å². The Bertz CT molecular complexity index is 1820. The summed E-state index contributed by atoms with van der Waals surface area (Å²) in [4.78, 5) is 27.2. The van der Waals surface area contributed by atoms with Gasteiger partial charge in [-0.05, 0) is 102 Å². The van der Waals surface area contributed by atoms with Crippen LogP contribution < -0.4 is 0 Å². The Hall–Kier alpha value is -1.96. The number of hydrogen-bond acceptors (Lipinski definition) is 15. The SMILES string of the molecule is COC1CC(OC2CCC3(C)C(CCC4(O)C3CC(CC(=O)c3ccccc3)C3(C)C(C(C)=O)CCC43O)C2)OC(C)C1OC1CC(OC)C(OC2OC(C)C(O)C(OC)C2O)C(C)O1. The van der Waals surface area contributed by atoms with Crippen molar-refractivity contribution in [3.63, 3.8) is 0 Å². The van der Waals surface area contributed by atoms with Crippen molar-refractivity contribution < 1.29 is 72.6 Å². The van der Waals surface area contributed by atoms with Crippen LogP contribution in [-0.4, -0.2) is 151 Å². The minimum absolute atomic E-state index is 0.00109. The summed E-state index contributed by atoms with van der Waals surface area (Å²) in [6.45, 7) is 11.3. The Morgan fingerprint density at radius 3 is 1.95 bits per heavy atom. The van der Waals surface area contributed by atoms with Gasteiger partial charge in [-0.3, -0.25) is 9.59 Å². The number of aliphatic hydroxyl groups is 4. The fourth-order valence-electron chi connectivity index (χ4n) is 14.4. The molecule has 0 amide bonds. The molecule has 1 aromatic rings. The maximum atomic E-state index is 13.9. The number of benzene rings is 1. The third kappa shape index (κ3) is 8.52. The van der Waals surface area contributed by atoms with E-state index in [-0.39, 0.29) is 53.4 Å². The highest BCUT2D eigenvalue weighted by Gasteiger charge is 2.77. The number of carbonyl (C=O) groups is 2. The van der Waals surface area contributed by atoms with Gasteiger partial charge in [0, 0.05) is 57.5 Å². The number of rotatable bonds is 13. The molecular formula is C50H76O15. The third-order valence-electron chi connectivity index (χ3n) is 18.1. The van der Waals surface area contributed by atoms with Gasteiger partial charge >= 0.3 is 0 Å². The second-order valence-electron chi connectivity index (χ2n) is 21.2.